The lowest BCUT2D eigenvalue weighted by molar-refractivity contribution is -0.159. The standard InChI is InChI=1S/C19H16F3N7O2S.C17H15ClN6OS.C17H16N6OS.C7H8Cl2N2O.C4H2Cl2N2/c1-18(2,30)11-7-14(27-25-8-11)29(15-9-23-5-6-24-15)10-12-3-4-13(32-12)16-26-17(31-28-16)19(20,21)22;1-17(2,25)13-7-14(22-23-16(13)18)24(15-9-20-5-6-21-15)10-12-4-3-11(8-19)26-12;1-17(2,24)12-7-15(22-21-9-12)23(16-10-19-5-6-20-16)11-14-4-3-13(8-18)25-14;1-7(2,12)4-3-5(8)10-11-6(4)9;5-3-1-2-4(6)8-7-3/h3-9,30H,10H2,1-2H3;3-7,9,25H,10H2,1-2H3;3-7,9-10,24H,11H2,1-2H3;3,12H,1-2H3;1-2H. The second kappa shape index (κ2) is 35.0. The van der Waals surface area contributed by atoms with Crippen LogP contribution in [0.5, 0.6) is 0 Å². The SMILES string of the molecule is CC(C)(O)c1cc(Cl)nnc1Cl.CC(C)(O)c1cc(N(Cc2ccc(C#N)s2)c2cnccn2)nnc1Cl.CC(C)(O)c1cnnc(N(Cc2ccc(-c3noc(C(F)(F)F)n3)s2)c2cnccn2)c1.CC(C)(O)c1cnnc(N(Cc2ccc(C#N)s2)c2cnccn2)c1.Clc1ccc(Cl)nn1. The lowest BCUT2D eigenvalue weighted by Crippen LogP contribution is -2.22. The van der Waals surface area contributed by atoms with Crippen LogP contribution in [0, 0.1) is 22.7 Å². The van der Waals surface area contributed by atoms with Crippen molar-refractivity contribution in [1.29, 1.82) is 10.5 Å². The summed E-state index contributed by atoms with van der Waals surface area (Å²) in [5.41, 5.74) is -2.25. The Morgan fingerprint density at radius 2 is 0.845 bits per heavy atom. The van der Waals surface area contributed by atoms with Gasteiger partial charge < -0.3 is 39.6 Å². The van der Waals surface area contributed by atoms with Crippen LogP contribution < -0.4 is 14.7 Å². The summed E-state index contributed by atoms with van der Waals surface area (Å²) in [5.74, 6) is 1.54. The molecule has 0 radical (unpaired) electrons. The topological polar surface area (TPSA) is 383 Å². The molecule has 12 aromatic heterocycles. The van der Waals surface area contributed by atoms with E-state index in [2.05, 4.69) is 108 Å². The van der Waals surface area contributed by atoms with E-state index in [1.807, 2.05) is 17.0 Å². The number of halogens is 8. The van der Waals surface area contributed by atoms with Crippen molar-refractivity contribution in [1.82, 2.24) is 91.0 Å². The molecule has 0 aliphatic rings. The number of anilines is 6. The molecule has 0 bridgehead atoms. The predicted molar refractivity (Wildman–Crippen MR) is 380 cm³/mol. The Hall–Kier alpha value is -9.66. The van der Waals surface area contributed by atoms with Gasteiger partial charge in [0.25, 0.3) is 0 Å². The lowest BCUT2D eigenvalue weighted by atomic mass is 10.0. The second-order valence-electron chi connectivity index (χ2n) is 23.2. The number of hydrogen-bond acceptors (Lipinski definition) is 31. The molecule has 4 N–H and O–H groups in total. The number of hydrogen-bond donors (Lipinski definition) is 4. The molecular weight excluding hydrogens is 1500 g/mol. The Morgan fingerprint density at radius 3 is 1.20 bits per heavy atom. The fraction of sp³-hybridized carbons (Fsp3) is 0.250. The van der Waals surface area contributed by atoms with Crippen molar-refractivity contribution in [2.75, 3.05) is 14.7 Å². The Labute approximate surface area is 622 Å². The summed E-state index contributed by atoms with van der Waals surface area (Å²) in [5, 5.41) is 102. The van der Waals surface area contributed by atoms with Gasteiger partial charge in [-0.25, -0.2) is 15.0 Å². The number of thiophene rings is 3. The second-order valence-corrected chi connectivity index (χ2v) is 28.6. The Kier molecular flexibility index (Phi) is 26.9. The van der Waals surface area contributed by atoms with Gasteiger partial charge in [-0.3, -0.25) is 15.0 Å². The third kappa shape index (κ3) is 23.2. The first kappa shape index (κ1) is 79.0. The molecule has 0 atom stereocenters. The van der Waals surface area contributed by atoms with Gasteiger partial charge in [-0.15, -0.1) is 74.8 Å². The minimum Gasteiger partial charge on any atom is -0.386 e. The zero-order chi connectivity index (χ0) is 74.9. The van der Waals surface area contributed by atoms with Crippen molar-refractivity contribution in [3.8, 4) is 22.8 Å². The van der Waals surface area contributed by atoms with Gasteiger partial charge in [-0.2, -0.15) is 38.9 Å². The number of aliphatic hydroxyl groups is 4. The van der Waals surface area contributed by atoms with Gasteiger partial charge in [-0.05, 0) is 128 Å². The van der Waals surface area contributed by atoms with Crippen LogP contribution in [0.3, 0.4) is 0 Å². The molecule has 0 fully saturated rings. The first-order valence-electron chi connectivity index (χ1n) is 29.7. The Balaban J connectivity index is 0.000000173. The molecule has 0 saturated heterocycles. The highest BCUT2D eigenvalue weighted by molar-refractivity contribution is 7.15. The van der Waals surface area contributed by atoms with Crippen LogP contribution in [0.4, 0.5) is 48.1 Å². The third-order valence-corrected chi connectivity index (χ3v) is 17.6. The number of rotatable bonds is 17. The minimum atomic E-state index is -4.71. The Morgan fingerprint density at radius 1 is 0.447 bits per heavy atom. The maximum atomic E-state index is 12.7. The van der Waals surface area contributed by atoms with Crippen LogP contribution >= 0.6 is 92.0 Å². The molecule has 532 valence electrons. The molecule has 0 aliphatic carbocycles. The van der Waals surface area contributed by atoms with Crippen molar-refractivity contribution in [3.63, 3.8) is 0 Å². The average molecular weight is 1560 g/mol. The smallest absolute Gasteiger partial charge is 0.386 e. The maximum Gasteiger partial charge on any atom is 0.471 e. The molecule has 12 aromatic rings. The van der Waals surface area contributed by atoms with Crippen molar-refractivity contribution in [3.05, 3.63) is 219 Å². The Bertz CT molecular complexity index is 4800. The largest absolute Gasteiger partial charge is 0.471 e. The summed E-state index contributed by atoms with van der Waals surface area (Å²) in [6.07, 6.45) is 12.5. The van der Waals surface area contributed by atoms with E-state index >= 15 is 0 Å². The third-order valence-electron chi connectivity index (χ3n) is 13.4. The fourth-order valence-electron chi connectivity index (χ4n) is 8.32. The van der Waals surface area contributed by atoms with Gasteiger partial charge >= 0.3 is 12.1 Å². The van der Waals surface area contributed by atoms with Crippen molar-refractivity contribution in [2.24, 2.45) is 0 Å². The van der Waals surface area contributed by atoms with Crippen molar-refractivity contribution < 1.29 is 38.1 Å². The molecule has 0 aliphatic heterocycles. The minimum absolute atomic E-state index is 0.142. The zero-order valence-electron chi connectivity index (χ0n) is 55.1. The average Bonchev–Trinajstić information content (AvgIpc) is 1.66. The van der Waals surface area contributed by atoms with Crippen LogP contribution in [0.1, 0.15) is 108 Å². The summed E-state index contributed by atoms with van der Waals surface area (Å²) in [6.45, 7) is 14.3. The lowest BCUT2D eigenvalue weighted by Gasteiger charge is -2.24. The van der Waals surface area contributed by atoms with E-state index < -0.39 is 34.5 Å². The number of nitrogens with zero attached hydrogens (tertiary/aromatic N) is 23. The molecule has 39 heteroatoms. The van der Waals surface area contributed by atoms with Crippen molar-refractivity contribution in [2.45, 2.75) is 104 Å². The van der Waals surface area contributed by atoms with E-state index in [4.69, 9.17) is 68.5 Å². The van der Waals surface area contributed by atoms with Gasteiger partial charge in [0.1, 0.15) is 21.9 Å². The van der Waals surface area contributed by atoms with Gasteiger partial charge in [-0.1, -0.05) is 63.2 Å². The fourth-order valence-corrected chi connectivity index (χ4v) is 11.8. The molecule has 0 amide bonds. The van der Waals surface area contributed by atoms with Crippen LogP contribution in [0.2, 0.25) is 25.8 Å². The van der Waals surface area contributed by atoms with Gasteiger partial charge in [0.2, 0.25) is 5.82 Å². The van der Waals surface area contributed by atoms with Crippen LogP contribution in [-0.4, -0.2) is 111 Å². The van der Waals surface area contributed by atoms with Crippen LogP contribution in [0.25, 0.3) is 10.7 Å². The monoisotopic (exact) mass is 1560 g/mol. The van der Waals surface area contributed by atoms with E-state index in [1.54, 1.807) is 163 Å². The number of nitriles is 2. The predicted octanol–water partition coefficient (Wildman–Crippen LogP) is 13.9. The summed E-state index contributed by atoms with van der Waals surface area (Å²) >= 11 is 32.1. The van der Waals surface area contributed by atoms with Gasteiger partial charge in [0, 0.05) is 74.1 Å². The molecule has 0 aromatic carbocycles. The molecule has 12 rings (SSSR count). The van der Waals surface area contributed by atoms with Crippen molar-refractivity contribution >= 4 is 127 Å². The summed E-state index contributed by atoms with van der Waals surface area (Å²) in [7, 11) is 0. The van der Waals surface area contributed by atoms with E-state index in [0.29, 0.717) is 95.2 Å². The first-order valence-corrected chi connectivity index (χ1v) is 34.0. The van der Waals surface area contributed by atoms with Crippen LogP contribution in [-0.2, 0) is 48.2 Å². The molecule has 12 heterocycles. The molecule has 0 unspecified atom stereocenters. The van der Waals surface area contributed by atoms with Gasteiger partial charge in [0.05, 0.1) is 77.9 Å². The van der Waals surface area contributed by atoms with E-state index in [1.165, 1.54) is 64.9 Å². The highest BCUT2D eigenvalue weighted by Crippen LogP contribution is 2.37. The molecule has 28 nitrogen and oxygen atoms in total. The zero-order valence-corrected chi connectivity index (χ0v) is 61.4. The summed E-state index contributed by atoms with van der Waals surface area (Å²) in [6, 6.07) is 24.8. The molecular formula is C64H57Cl5F3N23O5S3. The van der Waals surface area contributed by atoms with Crippen LogP contribution in [0.15, 0.2) is 145 Å². The van der Waals surface area contributed by atoms with E-state index in [9.17, 15) is 33.6 Å². The highest BCUT2D eigenvalue weighted by atomic mass is 35.5. The first-order chi connectivity index (χ1) is 48.7. The van der Waals surface area contributed by atoms with Gasteiger partial charge in [0.15, 0.2) is 60.7 Å². The van der Waals surface area contributed by atoms with E-state index in [-0.39, 0.29) is 27.8 Å². The quantitative estimate of drug-likeness (QED) is 0.0658. The highest BCUT2D eigenvalue weighted by Gasteiger charge is 2.39. The molecule has 0 spiro atoms. The number of alkyl halides is 3. The maximum absolute atomic E-state index is 12.7. The molecule has 103 heavy (non-hydrogen) atoms. The van der Waals surface area contributed by atoms with E-state index in [0.717, 1.165) is 14.6 Å². The summed E-state index contributed by atoms with van der Waals surface area (Å²) < 4.78 is 42.5. The molecule has 0 saturated carbocycles. The number of aromatic nitrogens is 18. The summed E-state index contributed by atoms with van der Waals surface area (Å²) in [4.78, 5) is 38.5. The normalized spacial score (nSPS) is 11.4.